The van der Waals surface area contributed by atoms with Crippen molar-refractivity contribution in [1.29, 1.82) is 0 Å². The number of aromatic nitrogens is 2. The van der Waals surface area contributed by atoms with Gasteiger partial charge in [0.05, 0.1) is 0 Å². The first-order chi connectivity index (χ1) is 11.4. The van der Waals surface area contributed by atoms with Crippen LogP contribution >= 0.6 is 0 Å². The highest BCUT2D eigenvalue weighted by atomic mass is 16.1. The van der Waals surface area contributed by atoms with Gasteiger partial charge < -0.3 is 10.6 Å². The van der Waals surface area contributed by atoms with Gasteiger partial charge in [-0.25, -0.2) is 9.97 Å². The van der Waals surface area contributed by atoms with E-state index >= 15 is 0 Å². The lowest BCUT2D eigenvalue weighted by Gasteiger charge is -2.23. The molecule has 0 aliphatic rings. The van der Waals surface area contributed by atoms with E-state index in [1.54, 1.807) is 12.3 Å². The first-order valence-corrected chi connectivity index (χ1v) is 8.39. The molecule has 0 fully saturated rings. The van der Waals surface area contributed by atoms with Crippen molar-refractivity contribution >= 4 is 17.5 Å². The second kappa shape index (κ2) is 7.90. The second-order valence-electron chi connectivity index (χ2n) is 6.80. The monoisotopic (exact) mass is 326 g/mol. The van der Waals surface area contributed by atoms with Gasteiger partial charge >= 0.3 is 0 Å². The molecule has 0 unspecified atom stereocenters. The van der Waals surface area contributed by atoms with Crippen LogP contribution in [0.3, 0.4) is 0 Å². The highest BCUT2D eigenvalue weighted by molar-refractivity contribution is 5.92. The first-order valence-electron chi connectivity index (χ1n) is 8.39. The van der Waals surface area contributed by atoms with Crippen molar-refractivity contribution in [3.05, 3.63) is 47.8 Å². The number of amides is 1. The van der Waals surface area contributed by atoms with E-state index in [4.69, 9.17) is 0 Å². The Kier molecular flexibility index (Phi) is 5.90. The van der Waals surface area contributed by atoms with Gasteiger partial charge in [0.15, 0.2) is 0 Å². The number of carbonyl (C=O) groups is 1. The number of rotatable bonds is 6. The average molecular weight is 326 g/mol. The number of benzene rings is 1. The summed E-state index contributed by atoms with van der Waals surface area (Å²) in [6.07, 6.45) is 3.60. The van der Waals surface area contributed by atoms with Crippen LogP contribution in [0.15, 0.2) is 36.5 Å². The zero-order chi connectivity index (χ0) is 17.6. The smallest absolute Gasteiger partial charge is 0.270 e. The van der Waals surface area contributed by atoms with Gasteiger partial charge in [-0.2, -0.15) is 0 Å². The first kappa shape index (κ1) is 17.9. The fraction of sp³-hybridized carbons (Fsp3) is 0.421. The van der Waals surface area contributed by atoms with Gasteiger partial charge in [0.2, 0.25) is 5.95 Å². The average Bonchev–Trinajstić information content (AvgIpc) is 2.55. The van der Waals surface area contributed by atoms with Crippen molar-refractivity contribution in [1.82, 2.24) is 15.3 Å². The van der Waals surface area contributed by atoms with E-state index in [0.717, 1.165) is 18.5 Å². The molecule has 0 atom stereocenters. The molecule has 2 rings (SSSR count). The van der Waals surface area contributed by atoms with Crippen LogP contribution in [0, 0.1) is 0 Å². The third-order valence-corrected chi connectivity index (χ3v) is 3.69. The Balaban J connectivity index is 2.17. The zero-order valence-corrected chi connectivity index (χ0v) is 14.9. The molecule has 0 spiro atoms. The number of anilines is 2. The van der Waals surface area contributed by atoms with Gasteiger partial charge in [-0.15, -0.1) is 0 Å². The van der Waals surface area contributed by atoms with Crippen molar-refractivity contribution in [3.63, 3.8) is 0 Å². The van der Waals surface area contributed by atoms with Crippen molar-refractivity contribution in [2.75, 3.05) is 11.9 Å². The molecule has 0 bridgehead atoms. The minimum atomic E-state index is -0.169. The van der Waals surface area contributed by atoms with Crippen molar-refractivity contribution < 1.29 is 4.79 Å². The van der Waals surface area contributed by atoms with Gasteiger partial charge in [0.1, 0.15) is 5.69 Å². The molecule has 2 aromatic rings. The molecule has 1 amide bonds. The summed E-state index contributed by atoms with van der Waals surface area (Å²) in [5.41, 5.74) is 2.50. The van der Waals surface area contributed by atoms with Crippen molar-refractivity contribution in [2.24, 2.45) is 0 Å². The topological polar surface area (TPSA) is 66.9 Å². The van der Waals surface area contributed by atoms with E-state index < -0.39 is 0 Å². The fourth-order valence-electron chi connectivity index (χ4n) is 2.38. The molecule has 0 aliphatic carbocycles. The van der Waals surface area contributed by atoms with Gasteiger partial charge in [-0.1, -0.05) is 52.3 Å². The Hall–Kier alpha value is -2.43. The molecule has 0 saturated carbocycles. The highest BCUT2D eigenvalue weighted by Gasteiger charge is 2.18. The van der Waals surface area contributed by atoms with Gasteiger partial charge in [0, 0.05) is 18.4 Å². The molecule has 1 heterocycles. The Morgan fingerprint density at radius 3 is 2.62 bits per heavy atom. The Morgan fingerprint density at radius 2 is 1.92 bits per heavy atom. The van der Waals surface area contributed by atoms with Crippen LogP contribution in [0.25, 0.3) is 0 Å². The molecule has 5 heteroatoms. The Morgan fingerprint density at radius 1 is 1.17 bits per heavy atom. The van der Waals surface area contributed by atoms with Gasteiger partial charge in [-0.3, -0.25) is 4.79 Å². The van der Waals surface area contributed by atoms with Crippen LogP contribution in [0.1, 0.15) is 56.6 Å². The third kappa shape index (κ3) is 4.78. The van der Waals surface area contributed by atoms with Crippen molar-refractivity contribution in [3.8, 4) is 0 Å². The van der Waals surface area contributed by atoms with Crippen LogP contribution < -0.4 is 10.6 Å². The minimum Gasteiger partial charge on any atom is -0.351 e. The molecular formula is C19H26N4O. The Labute approximate surface area is 143 Å². The number of nitrogens with zero attached hydrogens (tertiary/aromatic N) is 2. The van der Waals surface area contributed by atoms with Crippen LogP contribution in [0.2, 0.25) is 0 Å². The molecule has 5 nitrogen and oxygen atoms in total. The zero-order valence-electron chi connectivity index (χ0n) is 14.9. The summed E-state index contributed by atoms with van der Waals surface area (Å²) < 4.78 is 0. The molecule has 2 N–H and O–H groups in total. The van der Waals surface area contributed by atoms with Crippen LogP contribution in [-0.2, 0) is 5.41 Å². The molecule has 0 aliphatic heterocycles. The third-order valence-electron chi connectivity index (χ3n) is 3.69. The van der Waals surface area contributed by atoms with Crippen LogP contribution in [0.5, 0.6) is 0 Å². The van der Waals surface area contributed by atoms with E-state index in [0.29, 0.717) is 18.2 Å². The van der Waals surface area contributed by atoms with Gasteiger partial charge in [0.25, 0.3) is 5.91 Å². The molecule has 1 aromatic heterocycles. The highest BCUT2D eigenvalue weighted by Crippen LogP contribution is 2.30. The summed E-state index contributed by atoms with van der Waals surface area (Å²) in [5.74, 6) is 0.257. The summed E-state index contributed by atoms with van der Waals surface area (Å²) in [6, 6.07) is 9.70. The standard InChI is InChI=1S/C19H26N4O/c1-5-6-12-20-17(24)16-11-13-21-18(23-16)22-15-10-8-7-9-14(15)19(2,3)4/h7-11,13H,5-6,12H2,1-4H3,(H,20,24)(H,21,22,23). The molecule has 0 saturated heterocycles. The quantitative estimate of drug-likeness (QED) is 0.786. The lowest BCUT2D eigenvalue weighted by molar-refractivity contribution is 0.0948. The number of para-hydroxylation sites is 1. The lowest BCUT2D eigenvalue weighted by Crippen LogP contribution is -2.25. The second-order valence-corrected chi connectivity index (χ2v) is 6.80. The minimum absolute atomic E-state index is 0.00126. The summed E-state index contributed by atoms with van der Waals surface area (Å²) in [4.78, 5) is 20.7. The number of carbonyl (C=O) groups excluding carboxylic acids is 1. The summed E-state index contributed by atoms with van der Waals surface area (Å²) in [6.45, 7) is 9.23. The maximum Gasteiger partial charge on any atom is 0.270 e. The van der Waals surface area contributed by atoms with E-state index in [9.17, 15) is 4.79 Å². The maximum atomic E-state index is 12.1. The normalized spacial score (nSPS) is 11.2. The maximum absolute atomic E-state index is 12.1. The molecule has 128 valence electrons. The van der Waals surface area contributed by atoms with Crippen molar-refractivity contribution in [2.45, 2.75) is 46.0 Å². The Bertz CT molecular complexity index is 692. The predicted molar refractivity (Wildman–Crippen MR) is 97.7 cm³/mol. The summed E-state index contributed by atoms with van der Waals surface area (Å²) in [7, 11) is 0. The molecule has 1 aromatic carbocycles. The van der Waals surface area contributed by atoms with Gasteiger partial charge in [-0.05, 0) is 29.5 Å². The van der Waals surface area contributed by atoms with Crippen LogP contribution in [0.4, 0.5) is 11.6 Å². The predicted octanol–water partition coefficient (Wildman–Crippen LogP) is 4.05. The van der Waals surface area contributed by atoms with Crippen LogP contribution in [-0.4, -0.2) is 22.4 Å². The van der Waals surface area contributed by atoms with E-state index in [1.165, 1.54) is 5.56 Å². The number of nitrogens with one attached hydrogen (secondary N) is 2. The number of unbranched alkanes of at least 4 members (excludes halogenated alkanes) is 1. The summed E-state index contributed by atoms with van der Waals surface area (Å²) >= 11 is 0. The summed E-state index contributed by atoms with van der Waals surface area (Å²) in [5, 5.41) is 6.11. The van der Waals surface area contributed by atoms with E-state index in [1.807, 2.05) is 18.2 Å². The SMILES string of the molecule is CCCCNC(=O)c1ccnc(Nc2ccccc2C(C)(C)C)n1. The van der Waals surface area contributed by atoms with E-state index in [2.05, 4.69) is 54.4 Å². The molecular weight excluding hydrogens is 300 g/mol. The van der Waals surface area contributed by atoms with E-state index in [-0.39, 0.29) is 11.3 Å². The largest absolute Gasteiger partial charge is 0.351 e. The number of hydrogen-bond donors (Lipinski definition) is 2. The lowest BCUT2D eigenvalue weighted by atomic mass is 9.86. The molecule has 0 radical (unpaired) electrons. The number of hydrogen-bond acceptors (Lipinski definition) is 4. The fourth-order valence-corrected chi connectivity index (χ4v) is 2.38. The molecule has 24 heavy (non-hydrogen) atoms.